The number of hydrogen-bond donors (Lipinski definition) is 0. The van der Waals surface area contributed by atoms with Gasteiger partial charge in [-0.2, -0.15) is 0 Å². The van der Waals surface area contributed by atoms with Gasteiger partial charge in [0.1, 0.15) is 0 Å². The zero-order valence-electron chi connectivity index (χ0n) is 22.0. The van der Waals surface area contributed by atoms with E-state index < -0.39 is 0 Å². The van der Waals surface area contributed by atoms with Gasteiger partial charge in [-0.1, -0.05) is 77.9 Å². The van der Waals surface area contributed by atoms with Crippen LogP contribution in [-0.2, 0) is 10.8 Å². The Kier molecular flexibility index (Phi) is 4.16. The third-order valence-electron chi connectivity index (χ3n) is 8.10. The Morgan fingerprint density at radius 1 is 0.472 bits per heavy atom. The lowest BCUT2D eigenvalue weighted by Gasteiger charge is -2.25. The molecule has 0 atom stereocenters. The highest BCUT2D eigenvalue weighted by Gasteiger charge is 2.23. The Labute approximate surface area is 212 Å². The molecule has 7 aromatic rings. The van der Waals surface area contributed by atoms with Gasteiger partial charge in [0.2, 0.25) is 0 Å². The fourth-order valence-corrected chi connectivity index (χ4v) is 6.04. The molecule has 0 fully saturated rings. The van der Waals surface area contributed by atoms with E-state index in [4.69, 9.17) is 4.98 Å². The monoisotopic (exact) mass is 465 g/mol. The third-order valence-corrected chi connectivity index (χ3v) is 8.10. The molecule has 176 valence electrons. The molecule has 1 heteroatoms. The maximum atomic E-state index is 5.00. The zero-order chi connectivity index (χ0) is 25.0. The second-order valence-corrected chi connectivity index (χ2v) is 12.5. The Morgan fingerprint density at radius 3 is 1.69 bits per heavy atom. The van der Waals surface area contributed by atoms with Crippen LogP contribution >= 0.6 is 0 Å². The molecule has 1 nitrogen and oxygen atoms in total. The Bertz CT molecular complexity index is 1990. The summed E-state index contributed by atoms with van der Waals surface area (Å²) in [6, 6.07) is 27.6. The van der Waals surface area contributed by atoms with E-state index in [0.29, 0.717) is 0 Å². The maximum absolute atomic E-state index is 5.00. The lowest BCUT2D eigenvalue weighted by atomic mass is 9.79. The van der Waals surface area contributed by atoms with Crippen LogP contribution in [0.3, 0.4) is 0 Å². The molecule has 6 aromatic carbocycles. The van der Waals surface area contributed by atoms with Crippen molar-refractivity contribution >= 4 is 64.8 Å². The zero-order valence-corrected chi connectivity index (χ0v) is 22.0. The molecule has 0 aliphatic heterocycles. The van der Waals surface area contributed by atoms with E-state index >= 15 is 0 Å². The fraction of sp³-hybridized carbons (Fsp3) is 0.229. The normalized spacial score (nSPS) is 13.3. The molecule has 0 unspecified atom stereocenters. The summed E-state index contributed by atoms with van der Waals surface area (Å²) in [6.45, 7) is 13.9. The van der Waals surface area contributed by atoms with Crippen LogP contribution in [0.2, 0.25) is 0 Å². The molecule has 1 aromatic heterocycles. The third kappa shape index (κ3) is 2.92. The lowest BCUT2D eigenvalue weighted by Crippen LogP contribution is -2.12. The number of fused-ring (bicyclic) bond motifs is 7. The van der Waals surface area contributed by atoms with Crippen molar-refractivity contribution in [3.05, 3.63) is 90.1 Å². The van der Waals surface area contributed by atoms with Crippen molar-refractivity contribution in [3.63, 3.8) is 0 Å². The summed E-state index contributed by atoms with van der Waals surface area (Å²) < 4.78 is 0. The molecular formula is C35H31N. The van der Waals surface area contributed by atoms with E-state index in [1.165, 1.54) is 70.4 Å². The smallest absolute Gasteiger partial charge is 0.0793 e. The maximum Gasteiger partial charge on any atom is 0.0793 e. The molecule has 0 spiro atoms. The molecule has 0 N–H and O–H groups in total. The second-order valence-electron chi connectivity index (χ2n) is 12.5. The Hall–Kier alpha value is -3.71. The quantitative estimate of drug-likeness (QED) is 0.160. The van der Waals surface area contributed by atoms with Gasteiger partial charge in [0.25, 0.3) is 0 Å². The van der Waals surface area contributed by atoms with Gasteiger partial charge in [-0.25, -0.2) is 0 Å². The highest BCUT2D eigenvalue weighted by molar-refractivity contribution is 6.40. The number of rotatable bonds is 0. The number of benzene rings is 6. The molecule has 36 heavy (non-hydrogen) atoms. The Balaban J connectivity index is 1.83. The predicted molar refractivity (Wildman–Crippen MR) is 158 cm³/mol. The molecule has 0 saturated heterocycles. The lowest BCUT2D eigenvalue weighted by molar-refractivity contribution is 0.590. The highest BCUT2D eigenvalue weighted by atomic mass is 14.7. The van der Waals surface area contributed by atoms with E-state index in [2.05, 4.69) is 114 Å². The van der Waals surface area contributed by atoms with Gasteiger partial charge in [0, 0.05) is 22.4 Å². The first-order valence-corrected chi connectivity index (χ1v) is 13.0. The average molecular weight is 466 g/mol. The molecule has 0 bridgehead atoms. The van der Waals surface area contributed by atoms with Gasteiger partial charge >= 0.3 is 0 Å². The van der Waals surface area contributed by atoms with Crippen molar-refractivity contribution in [2.24, 2.45) is 0 Å². The van der Waals surface area contributed by atoms with Crippen LogP contribution in [0.15, 0.2) is 79.0 Å². The summed E-state index contributed by atoms with van der Waals surface area (Å²) in [6.07, 6.45) is 1.99. The van der Waals surface area contributed by atoms with E-state index in [1.54, 1.807) is 0 Å². The molecule has 7 rings (SSSR count). The number of nitrogens with zero attached hydrogens (tertiary/aromatic N) is 1. The first kappa shape index (κ1) is 21.6. The van der Waals surface area contributed by atoms with Crippen LogP contribution in [0.5, 0.6) is 0 Å². The standard InChI is InChI=1S/C35H31N/c1-34(2,3)22-11-12-24-25-13-14-36-33-30-16-21-10-8-7-9-20(21)15-26(30)28-18-23(35(4,5)6)19-29(27(24)17-22)31(28)32(25)33/h7-19H,1-6H3. The number of hydrogen-bond acceptors (Lipinski definition) is 1. The summed E-state index contributed by atoms with van der Waals surface area (Å²) >= 11 is 0. The average Bonchev–Trinajstić information content (AvgIpc) is 2.85. The van der Waals surface area contributed by atoms with Crippen molar-refractivity contribution < 1.29 is 0 Å². The minimum Gasteiger partial charge on any atom is -0.256 e. The van der Waals surface area contributed by atoms with Crippen molar-refractivity contribution in [1.29, 1.82) is 0 Å². The van der Waals surface area contributed by atoms with Gasteiger partial charge in [-0.05, 0) is 101 Å². The summed E-state index contributed by atoms with van der Waals surface area (Å²) in [5.74, 6) is 0. The van der Waals surface area contributed by atoms with Crippen molar-refractivity contribution in [2.45, 2.75) is 52.4 Å². The molecule has 0 aliphatic carbocycles. The van der Waals surface area contributed by atoms with Crippen molar-refractivity contribution in [2.75, 3.05) is 0 Å². The molecule has 0 amide bonds. The SMILES string of the molecule is CC(C)(C)c1ccc2c(c1)c1cc(C(C)(C)C)cc3c4cc5ccccc5cc4c4nccc2c4c13. The molecule has 1 heterocycles. The van der Waals surface area contributed by atoms with Crippen LogP contribution in [-0.4, -0.2) is 4.98 Å². The predicted octanol–water partition coefficient (Wildman–Crippen LogP) is 10.0. The van der Waals surface area contributed by atoms with Crippen LogP contribution in [0.1, 0.15) is 52.7 Å². The van der Waals surface area contributed by atoms with Gasteiger partial charge < -0.3 is 0 Å². The number of aromatic nitrogens is 1. The summed E-state index contributed by atoms with van der Waals surface area (Å²) in [7, 11) is 0. The molecular weight excluding hydrogens is 434 g/mol. The van der Waals surface area contributed by atoms with E-state index in [-0.39, 0.29) is 10.8 Å². The van der Waals surface area contributed by atoms with Gasteiger partial charge in [0.05, 0.1) is 5.52 Å². The number of pyridine rings is 1. The van der Waals surface area contributed by atoms with Crippen LogP contribution in [0.25, 0.3) is 64.8 Å². The first-order chi connectivity index (χ1) is 17.1. The van der Waals surface area contributed by atoms with Crippen molar-refractivity contribution in [3.8, 4) is 0 Å². The minimum absolute atomic E-state index is 0.0415. The van der Waals surface area contributed by atoms with E-state index in [9.17, 15) is 0 Å². The molecule has 0 radical (unpaired) electrons. The topological polar surface area (TPSA) is 12.9 Å². The summed E-state index contributed by atoms with van der Waals surface area (Å²) in [5, 5.41) is 14.4. The second kappa shape index (κ2) is 6.95. The van der Waals surface area contributed by atoms with E-state index in [0.717, 1.165) is 5.52 Å². The van der Waals surface area contributed by atoms with E-state index in [1.807, 2.05) is 6.20 Å². The highest BCUT2D eigenvalue weighted by Crippen LogP contribution is 2.47. The first-order valence-electron chi connectivity index (χ1n) is 13.0. The fourth-order valence-electron chi connectivity index (χ4n) is 6.04. The van der Waals surface area contributed by atoms with Crippen LogP contribution in [0, 0.1) is 0 Å². The largest absolute Gasteiger partial charge is 0.256 e. The molecule has 0 aliphatic rings. The van der Waals surface area contributed by atoms with Crippen LogP contribution in [0.4, 0.5) is 0 Å². The summed E-state index contributed by atoms with van der Waals surface area (Å²) in [4.78, 5) is 5.00. The minimum atomic E-state index is 0.0415. The summed E-state index contributed by atoms with van der Waals surface area (Å²) in [5.41, 5.74) is 3.98. The van der Waals surface area contributed by atoms with Gasteiger partial charge in [-0.15, -0.1) is 0 Å². The van der Waals surface area contributed by atoms with Crippen molar-refractivity contribution in [1.82, 2.24) is 4.98 Å². The molecule has 0 saturated carbocycles. The van der Waals surface area contributed by atoms with Gasteiger partial charge in [-0.3, -0.25) is 4.98 Å². The Morgan fingerprint density at radius 2 is 1.06 bits per heavy atom. The van der Waals surface area contributed by atoms with Gasteiger partial charge in [0.15, 0.2) is 0 Å². The van der Waals surface area contributed by atoms with Crippen LogP contribution < -0.4 is 0 Å².